The molecule has 1 fully saturated rings. The van der Waals surface area contributed by atoms with Crippen LogP contribution in [0.3, 0.4) is 0 Å². The molecule has 4 heterocycles. The minimum absolute atomic E-state index is 0.745. The largest absolute Gasteiger partial charge is 0.357 e. The quantitative estimate of drug-likeness (QED) is 0.725. The maximum absolute atomic E-state index is 4.60. The lowest BCUT2D eigenvalue weighted by molar-refractivity contribution is 0.692. The van der Waals surface area contributed by atoms with Crippen LogP contribution in [0.5, 0.6) is 0 Å². The fourth-order valence-corrected chi connectivity index (χ4v) is 3.20. The van der Waals surface area contributed by atoms with Crippen LogP contribution in [0.25, 0.3) is 11.3 Å². The second-order valence-corrected chi connectivity index (χ2v) is 6.33. The summed E-state index contributed by atoms with van der Waals surface area (Å²) in [7, 11) is 0. The van der Waals surface area contributed by atoms with Crippen molar-refractivity contribution >= 4 is 5.82 Å². The van der Waals surface area contributed by atoms with Gasteiger partial charge in [-0.05, 0) is 36.6 Å². The van der Waals surface area contributed by atoms with Crippen LogP contribution in [0.4, 0.5) is 5.82 Å². The maximum Gasteiger partial charge on any atom is 0.128 e. The van der Waals surface area contributed by atoms with E-state index in [0.717, 1.165) is 48.8 Å². The van der Waals surface area contributed by atoms with E-state index in [-0.39, 0.29) is 0 Å². The van der Waals surface area contributed by atoms with E-state index >= 15 is 0 Å². The van der Waals surface area contributed by atoms with Crippen LogP contribution in [0, 0.1) is 0 Å². The minimum atomic E-state index is 0.745. The van der Waals surface area contributed by atoms with Crippen molar-refractivity contribution < 1.29 is 0 Å². The Labute approximate surface area is 147 Å². The van der Waals surface area contributed by atoms with E-state index in [9.17, 15) is 0 Å². The summed E-state index contributed by atoms with van der Waals surface area (Å²) in [4.78, 5) is 11.1. The van der Waals surface area contributed by atoms with Crippen LogP contribution in [-0.2, 0) is 13.1 Å². The Hall–Kier alpha value is -2.73. The van der Waals surface area contributed by atoms with Crippen molar-refractivity contribution in [3.63, 3.8) is 0 Å². The first-order chi connectivity index (χ1) is 12.4. The van der Waals surface area contributed by atoms with Crippen LogP contribution >= 0.6 is 0 Å². The molecule has 0 amide bonds. The Kier molecular flexibility index (Phi) is 4.70. The highest BCUT2D eigenvalue weighted by Gasteiger charge is 2.13. The summed E-state index contributed by atoms with van der Waals surface area (Å²) in [5, 5.41) is 10.7. The van der Waals surface area contributed by atoms with Crippen molar-refractivity contribution in [1.29, 1.82) is 0 Å². The Balaban J connectivity index is 1.35. The van der Waals surface area contributed by atoms with Gasteiger partial charge in [-0.2, -0.15) is 5.10 Å². The van der Waals surface area contributed by atoms with Gasteiger partial charge in [0.25, 0.3) is 0 Å². The third kappa shape index (κ3) is 3.69. The van der Waals surface area contributed by atoms with Crippen LogP contribution in [0.1, 0.15) is 24.0 Å². The van der Waals surface area contributed by atoms with Gasteiger partial charge in [-0.3, -0.25) is 10.1 Å². The smallest absolute Gasteiger partial charge is 0.128 e. The van der Waals surface area contributed by atoms with Gasteiger partial charge in [-0.1, -0.05) is 6.07 Å². The molecule has 0 unspecified atom stereocenters. The van der Waals surface area contributed by atoms with Crippen molar-refractivity contribution in [2.24, 2.45) is 0 Å². The van der Waals surface area contributed by atoms with Gasteiger partial charge in [0.2, 0.25) is 0 Å². The molecule has 0 atom stereocenters. The molecule has 0 spiro atoms. The summed E-state index contributed by atoms with van der Waals surface area (Å²) in [6.07, 6.45) is 10.0. The number of rotatable bonds is 6. The van der Waals surface area contributed by atoms with Crippen molar-refractivity contribution in [3.8, 4) is 11.3 Å². The molecule has 128 valence electrons. The van der Waals surface area contributed by atoms with E-state index in [4.69, 9.17) is 0 Å². The van der Waals surface area contributed by atoms with E-state index in [0.29, 0.717) is 0 Å². The summed E-state index contributed by atoms with van der Waals surface area (Å²) in [5.41, 5.74) is 4.39. The number of nitrogens with one attached hydrogen (secondary N) is 2. The molecule has 4 rings (SSSR count). The zero-order chi connectivity index (χ0) is 16.9. The third-order valence-corrected chi connectivity index (χ3v) is 4.55. The second-order valence-electron chi connectivity index (χ2n) is 6.33. The number of hydrogen-bond donors (Lipinski definition) is 2. The molecule has 1 saturated heterocycles. The zero-order valence-corrected chi connectivity index (χ0v) is 14.2. The summed E-state index contributed by atoms with van der Waals surface area (Å²) in [5.74, 6) is 1.09. The highest BCUT2D eigenvalue weighted by Crippen LogP contribution is 2.20. The summed E-state index contributed by atoms with van der Waals surface area (Å²) < 4.78 is 0. The molecule has 6 nitrogen and oxygen atoms in total. The minimum Gasteiger partial charge on any atom is -0.357 e. The number of anilines is 1. The molecular weight excluding hydrogens is 312 g/mol. The Morgan fingerprint density at radius 1 is 1.04 bits per heavy atom. The molecule has 2 N–H and O–H groups in total. The molecule has 0 aromatic carbocycles. The van der Waals surface area contributed by atoms with Gasteiger partial charge >= 0.3 is 0 Å². The SMILES string of the molecule is c1cncc(-c2[nH]ncc2CNCc2ccc(N3CCCC3)nc2)c1. The van der Waals surface area contributed by atoms with Crippen LogP contribution in [-0.4, -0.2) is 33.3 Å². The first-order valence-corrected chi connectivity index (χ1v) is 8.73. The van der Waals surface area contributed by atoms with E-state index < -0.39 is 0 Å². The highest BCUT2D eigenvalue weighted by atomic mass is 15.2. The molecule has 25 heavy (non-hydrogen) atoms. The van der Waals surface area contributed by atoms with Gasteiger partial charge in [0.05, 0.1) is 11.9 Å². The van der Waals surface area contributed by atoms with E-state index in [1.807, 2.05) is 30.7 Å². The maximum atomic E-state index is 4.60. The van der Waals surface area contributed by atoms with E-state index in [1.54, 1.807) is 6.20 Å². The van der Waals surface area contributed by atoms with Gasteiger partial charge in [-0.25, -0.2) is 4.98 Å². The van der Waals surface area contributed by atoms with Gasteiger partial charge in [0.15, 0.2) is 0 Å². The fraction of sp³-hybridized carbons (Fsp3) is 0.316. The number of H-pyrrole nitrogens is 1. The molecule has 6 heteroatoms. The average molecular weight is 334 g/mol. The molecule has 1 aliphatic rings. The van der Waals surface area contributed by atoms with Gasteiger partial charge in [0.1, 0.15) is 5.82 Å². The number of hydrogen-bond acceptors (Lipinski definition) is 5. The monoisotopic (exact) mass is 334 g/mol. The first-order valence-electron chi connectivity index (χ1n) is 8.73. The fourth-order valence-electron chi connectivity index (χ4n) is 3.20. The predicted molar refractivity (Wildman–Crippen MR) is 98.0 cm³/mol. The lowest BCUT2D eigenvalue weighted by Crippen LogP contribution is -2.19. The lowest BCUT2D eigenvalue weighted by Gasteiger charge is -2.16. The number of nitrogens with zero attached hydrogens (tertiary/aromatic N) is 4. The molecule has 0 aliphatic carbocycles. The van der Waals surface area contributed by atoms with Crippen molar-refractivity contribution in [3.05, 3.63) is 60.2 Å². The standard InChI is InChI=1S/C19H22N6/c1-2-9-25(8-1)18-6-5-15(11-22-18)10-21-13-17-14-23-24-19(17)16-4-3-7-20-12-16/h3-7,11-12,14,21H,1-2,8-10,13H2,(H,23,24). The predicted octanol–water partition coefficient (Wildman–Crippen LogP) is 2.76. The molecule has 3 aromatic heterocycles. The van der Waals surface area contributed by atoms with Gasteiger partial charge < -0.3 is 10.2 Å². The topological polar surface area (TPSA) is 69.7 Å². The first kappa shape index (κ1) is 15.8. The molecule has 1 aliphatic heterocycles. The van der Waals surface area contributed by atoms with Crippen molar-refractivity contribution in [2.75, 3.05) is 18.0 Å². The molecule has 0 radical (unpaired) electrons. The van der Waals surface area contributed by atoms with Crippen LogP contribution < -0.4 is 10.2 Å². The number of aromatic amines is 1. The highest BCUT2D eigenvalue weighted by molar-refractivity contribution is 5.61. The van der Waals surface area contributed by atoms with E-state index in [1.165, 1.54) is 18.4 Å². The zero-order valence-electron chi connectivity index (χ0n) is 14.2. The Bertz CT molecular complexity index is 790. The number of pyridine rings is 2. The summed E-state index contributed by atoms with van der Waals surface area (Å²) in [6, 6.07) is 8.25. The summed E-state index contributed by atoms with van der Waals surface area (Å²) in [6.45, 7) is 3.78. The number of aromatic nitrogens is 4. The van der Waals surface area contributed by atoms with Crippen LogP contribution in [0.15, 0.2) is 49.1 Å². The van der Waals surface area contributed by atoms with E-state index in [2.05, 4.69) is 42.5 Å². The Morgan fingerprint density at radius 2 is 1.96 bits per heavy atom. The summed E-state index contributed by atoms with van der Waals surface area (Å²) >= 11 is 0. The Morgan fingerprint density at radius 3 is 2.72 bits per heavy atom. The second kappa shape index (κ2) is 7.44. The lowest BCUT2D eigenvalue weighted by atomic mass is 10.1. The van der Waals surface area contributed by atoms with Crippen molar-refractivity contribution in [2.45, 2.75) is 25.9 Å². The van der Waals surface area contributed by atoms with Crippen LogP contribution in [0.2, 0.25) is 0 Å². The molecule has 0 saturated carbocycles. The normalized spacial score (nSPS) is 14.2. The van der Waals surface area contributed by atoms with Crippen molar-refractivity contribution in [1.82, 2.24) is 25.5 Å². The molecular formula is C19H22N6. The average Bonchev–Trinajstić information content (AvgIpc) is 3.35. The third-order valence-electron chi connectivity index (χ3n) is 4.55. The molecule has 0 bridgehead atoms. The molecule has 3 aromatic rings. The van der Waals surface area contributed by atoms with Gasteiger partial charge in [0, 0.05) is 55.9 Å². The van der Waals surface area contributed by atoms with Gasteiger partial charge in [-0.15, -0.1) is 0 Å².